The zero-order chi connectivity index (χ0) is 19.8. The van der Waals surface area contributed by atoms with Gasteiger partial charge in [-0.3, -0.25) is 9.59 Å². The minimum absolute atomic E-state index is 0.0406. The van der Waals surface area contributed by atoms with Crippen LogP contribution in [-0.4, -0.2) is 47.4 Å². The summed E-state index contributed by atoms with van der Waals surface area (Å²) in [6, 6.07) is 8.87. The van der Waals surface area contributed by atoms with Gasteiger partial charge in [0.15, 0.2) is 5.78 Å². The van der Waals surface area contributed by atoms with Crippen LogP contribution in [0.3, 0.4) is 0 Å². The van der Waals surface area contributed by atoms with E-state index < -0.39 is 0 Å². The molecule has 1 atom stereocenters. The van der Waals surface area contributed by atoms with Gasteiger partial charge in [0.1, 0.15) is 5.75 Å². The minimum Gasteiger partial charge on any atom is -0.494 e. The van der Waals surface area contributed by atoms with Crippen molar-refractivity contribution in [2.75, 3.05) is 24.6 Å². The van der Waals surface area contributed by atoms with Gasteiger partial charge in [-0.2, -0.15) is 0 Å². The van der Waals surface area contributed by atoms with Crippen molar-refractivity contribution in [2.45, 2.75) is 38.6 Å². The average molecular weight is 382 g/mol. The summed E-state index contributed by atoms with van der Waals surface area (Å²) in [4.78, 5) is 35.2. The Bertz CT molecular complexity index is 780. The summed E-state index contributed by atoms with van der Waals surface area (Å²) in [7, 11) is 0. The lowest BCUT2D eigenvalue weighted by Crippen LogP contribution is -2.48. The highest BCUT2D eigenvalue weighted by atomic mass is 16.5. The Morgan fingerprint density at radius 3 is 2.64 bits per heavy atom. The van der Waals surface area contributed by atoms with Crippen LogP contribution in [0.2, 0.25) is 0 Å². The Morgan fingerprint density at radius 1 is 1.18 bits per heavy atom. The third-order valence-electron chi connectivity index (χ3n) is 4.69. The number of piperidine rings is 1. The monoisotopic (exact) mass is 382 g/mol. The molecular formula is C21H26N4O3. The molecule has 1 aliphatic rings. The number of hydrogen-bond donors (Lipinski definition) is 1. The maximum atomic E-state index is 12.3. The molecule has 28 heavy (non-hydrogen) atoms. The smallest absolute Gasteiger partial charge is 0.225 e. The zero-order valence-electron chi connectivity index (χ0n) is 16.1. The van der Waals surface area contributed by atoms with E-state index in [2.05, 4.69) is 20.2 Å². The first kappa shape index (κ1) is 19.8. The molecule has 7 nitrogen and oxygen atoms in total. The molecule has 2 aromatic rings. The van der Waals surface area contributed by atoms with E-state index in [1.807, 2.05) is 6.92 Å². The third kappa shape index (κ3) is 5.52. The van der Waals surface area contributed by atoms with Crippen LogP contribution in [0.1, 0.15) is 43.0 Å². The molecule has 0 bridgehead atoms. The molecule has 0 radical (unpaired) electrons. The maximum Gasteiger partial charge on any atom is 0.225 e. The van der Waals surface area contributed by atoms with E-state index in [1.165, 1.54) is 0 Å². The molecule has 1 aromatic heterocycles. The van der Waals surface area contributed by atoms with Gasteiger partial charge in [0, 0.05) is 49.9 Å². The first-order valence-corrected chi connectivity index (χ1v) is 9.73. The number of hydrogen-bond acceptors (Lipinski definition) is 6. The Hall–Kier alpha value is -2.96. The fraction of sp³-hybridized carbons (Fsp3) is 0.429. The van der Waals surface area contributed by atoms with Crippen molar-refractivity contribution in [1.82, 2.24) is 15.3 Å². The quantitative estimate of drug-likeness (QED) is 0.707. The maximum absolute atomic E-state index is 12.3. The molecule has 7 heteroatoms. The number of nitrogens with zero attached hydrogens (tertiary/aromatic N) is 3. The summed E-state index contributed by atoms with van der Waals surface area (Å²) >= 11 is 0. The summed E-state index contributed by atoms with van der Waals surface area (Å²) < 4.78 is 5.38. The Kier molecular flexibility index (Phi) is 6.94. The minimum atomic E-state index is -0.0971. The van der Waals surface area contributed by atoms with Gasteiger partial charge in [0.25, 0.3) is 0 Å². The topological polar surface area (TPSA) is 84.4 Å². The SMILES string of the molecule is CCOc1ccc(C(=O)CCC(=O)NC2CCCN(c3ncccn3)C2)cc1. The van der Waals surface area contributed by atoms with Crippen molar-refractivity contribution in [1.29, 1.82) is 0 Å². The van der Waals surface area contributed by atoms with Crippen molar-refractivity contribution in [3.63, 3.8) is 0 Å². The predicted molar refractivity (Wildman–Crippen MR) is 107 cm³/mol. The molecule has 148 valence electrons. The summed E-state index contributed by atoms with van der Waals surface area (Å²) in [5.41, 5.74) is 0.598. The molecule has 1 aliphatic heterocycles. The third-order valence-corrected chi connectivity index (χ3v) is 4.69. The molecule has 0 saturated carbocycles. The summed E-state index contributed by atoms with van der Waals surface area (Å²) in [5, 5.41) is 3.04. The summed E-state index contributed by atoms with van der Waals surface area (Å²) in [6.45, 7) is 4.06. The second-order valence-electron chi connectivity index (χ2n) is 6.78. The molecule has 1 unspecified atom stereocenters. The number of Topliss-reactive ketones (excluding diaryl/α,β-unsaturated/α-hetero) is 1. The van der Waals surface area contributed by atoms with Crippen LogP contribution in [-0.2, 0) is 4.79 Å². The lowest BCUT2D eigenvalue weighted by atomic mass is 10.0. The number of carbonyl (C=O) groups excluding carboxylic acids is 2. The fourth-order valence-corrected chi connectivity index (χ4v) is 3.31. The number of benzene rings is 1. The van der Waals surface area contributed by atoms with Crippen molar-refractivity contribution >= 4 is 17.6 Å². The first-order valence-electron chi connectivity index (χ1n) is 9.73. The molecule has 1 saturated heterocycles. The fourth-order valence-electron chi connectivity index (χ4n) is 3.31. The molecule has 2 heterocycles. The number of ether oxygens (including phenoxy) is 1. The highest BCUT2D eigenvalue weighted by molar-refractivity contribution is 5.98. The number of ketones is 1. The molecular weight excluding hydrogens is 356 g/mol. The van der Waals surface area contributed by atoms with E-state index in [1.54, 1.807) is 42.7 Å². The molecule has 0 spiro atoms. The van der Waals surface area contributed by atoms with Gasteiger partial charge >= 0.3 is 0 Å². The van der Waals surface area contributed by atoms with Crippen molar-refractivity contribution < 1.29 is 14.3 Å². The number of nitrogens with one attached hydrogen (secondary N) is 1. The highest BCUT2D eigenvalue weighted by Crippen LogP contribution is 2.16. The van der Waals surface area contributed by atoms with Crippen LogP contribution in [0.15, 0.2) is 42.7 Å². The Balaban J connectivity index is 1.45. The average Bonchev–Trinajstić information content (AvgIpc) is 2.74. The molecule has 1 aromatic carbocycles. The van der Waals surface area contributed by atoms with E-state index in [9.17, 15) is 9.59 Å². The summed E-state index contributed by atoms with van der Waals surface area (Å²) in [5.74, 6) is 1.29. The van der Waals surface area contributed by atoms with Crippen LogP contribution < -0.4 is 15.0 Å². The number of rotatable bonds is 8. The molecule has 1 N–H and O–H groups in total. The zero-order valence-corrected chi connectivity index (χ0v) is 16.1. The van der Waals surface area contributed by atoms with Crippen LogP contribution >= 0.6 is 0 Å². The van der Waals surface area contributed by atoms with Crippen molar-refractivity contribution in [3.8, 4) is 5.75 Å². The summed E-state index contributed by atoms with van der Waals surface area (Å²) in [6.07, 6.45) is 5.70. The van der Waals surface area contributed by atoms with Gasteiger partial charge in [0.2, 0.25) is 11.9 Å². The van der Waals surface area contributed by atoms with Gasteiger partial charge in [0.05, 0.1) is 6.61 Å². The van der Waals surface area contributed by atoms with E-state index in [0.717, 1.165) is 25.1 Å². The largest absolute Gasteiger partial charge is 0.494 e. The predicted octanol–water partition coefficient (Wildman–Crippen LogP) is 2.62. The van der Waals surface area contributed by atoms with Crippen LogP contribution in [0, 0.1) is 0 Å². The van der Waals surface area contributed by atoms with Crippen LogP contribution in [0.4, 0.5) is 5.95 Å². The molecule has 3 rings (SSSR count). The van der Waals surface area contributed by atoms with E-state index in [4.69, 9.17) is 4.74 Å². The van der Waals surface area contributed by atoms with Gasteiger partial charge < -0.3 is 15.0 Å². The lowest BCUT2D eigenvalue weighted by Gasteiger charge is -2.33. The Morgan fingerprint density at radius 2 is 1.93 bits per heavy atom. The Labute approximate surface area is 165 Å². The van der Waals surface area contributed by atoms with Gasteiger partial charge in [-0.15, -0.1) is 0 Å². The second kappa shape index (κ2) is 9.82. The van der Waals surface area contributed by atoms with Gasteiger partial charge in [-0.05, 0) is 50.1 Å². The van der Waals surface area contributed by atoms with Gasteiger partial charge in [-0.25, -0.2) is 9.97 Å². The number of carbonyl (C=O) groups is 2. The second-order valence-corrected chi connectivity index (χ2v) is 6.78. The lowest BCUT2D eigenvalue weighted by molar-refractivity contribution is -0.121. The number of amides is 1. The van der Waals surface area contributed by atoms with Crippen LogP contribution in [0.5, 0.6) is 5.75 Å². The number of aromatic nitrogens is 2. The van der Waals surface area contributed by atoms with Crippen molar-refractivity contribution in [3.05, 3.63) is 48.3 Å². The highest BCUT2D eigenvalue weighted by Gasteiger charge is 2.23. The van der Waals surface area contributed by atoms with Crippen molar-refractivity contribution in [2.24, 2.45) is 0 Å². The van der Waals surface area contributed by atoms with E-state index >= 15 is 0 Å². The van der Waals surface area contributed by atoms with E-state index in [-0.39, 0.29) is 30.6 Å². The molecule has 0 aliphatic carbocycles. The van der Waals surface area contributed by atoms with Gasteiger partial charge in [-0.1, -0.05) is 0 Å². The normalized spacial score (nSPS) is 16.5. The molecule has 1 fully saturated rings. The first-order chi connectivity index (χ1) is 13.7. The van der Waals surface area contributed by atoms with E-state index in [0.29, 0.717) is 24.7 Å². The standard InChI is InChI=1S/C21H26N4O3/c1-2-28-18-8-6-16(7-9-18)19(26)10-11-20(27)24-17-5-3-14-25(15-17)21-22-12-4-13-23-21/h4,6-9,12-13,17H,2-3,5,10-11,14-15H2,1H3,(H,24,27). The number of anilines is 1. The molecule has 1 amide bonds. The van der Waals surface area contributed by atoms with Crippen LogP contribution in [0.25, 0.3) is 0 Å².